The van der Waals surface area contributed by atoms with Crippen molar-refractivity contribution in [1.29, 1.82) is 0 Å². The zero-order valence-electron chi connectivity index (χ0n) is 14.4. The smallest absolute Gasteiger partial charge is 0.407 e. The number of nitrogens with one attached hydrogen (secondary N) is 2. The van der Waals surface area contributed by atoms with Gasteiger partial charge in [-0.05, 0) is 51.7 Å². The SMILES string of the molecule is CC(C)(C)OC(=O)NCC1CCN(C(=O)c2ccc[nH]c2=S)CC1. The molecule has 1 aliphatic heterocycles. The molecule has 0 bridgehead atoms. The van der Waals surface area contributed by atoms with E-state index in [4.69, 9.17) is 17.0 Å². The van der Waals surface area contributed by atoms with Crippen molar-refractivity contribution in [2.75, 3.05) is 19.6 Å². The first-order chi connectivity index (χ1) is 11.3. The number of aromatic amines is 1. The molecule has 0 saturated carbocycles. The second-order valence-electron chi connectivity index (χ2n) is 7.03. The van der Waals surface area contributed by atoms with Crippen molar-refractivity contribution in [3.05, 3.63) is 28.5 Å². The van der Waals surface area contributed by atoms with Crippen molar-refractivity contribution in [3.8, 4) is 0 Å². The largest absolute Gasteiger partial charge is 0.444 e. The first-order valence-corrected chi connectivity index (χ1v) is 8.61. The molecule has 7 heteroatoms. The van der Waals surface area contributed by atoms with E-state index < -0.39 is 11.7 Å². The lowest BCUT2D eigenvalue weighted by molar-refractivity contribution is 0.0500. The molecule has 2 heterocycles. The Hall–Kier alpha value is -1.89. The fourth-order valence-corrected chi connectivity index (χ4v) is 2.87. The highest BCUT2D eigenvalue weighted by Crippen LogP contribution is 2.19. The Morgan fingerprint density at radius 3 is 2.62 bits per heavy atom. The molecule has 1 aromatic rings. The number of carbonyl (C=O) groups excluding carboxylic acids is 2. The maximum atomic E-state index is 12.5. The molecular weight excluding hydrogens is 326 g/mol. The number of amides is 2. The molecule has 2 amide bonds. The number of likely N-dealkylation sites (tertiary alicyclic amines) is 1. The standard InChI is InChI=1S/C17H25N3O3S/c1-17(2,3)23-16(22)19-11-12-6-9-20(10-7-12)15(21)13-5-4-8-18-14(13)24/h4-5,8,12H,6-7,9-11H2,1-3H3,(H,18,24)(H,19,22). The molecule has 24 heavy (non-hydrogen) atoms. The minimum Gasteiger partial charge on any atom is -0.444 e. The van der Waals surface area contributed by atoms with Crippen LogP contribution < -0.4 is 5.32 Å². The number of hydrogen-bond acceptors (Lipinski definition) is 4. The van der Waals surface area contributed by atoms with Gasteiger partial charge in [0.05, 0.1) is 5.56 Å². The Bertz CT molecular complexity index is 643. The van der Waals surface area contributed by atoms with E-state index >= 15 is 0 Å². The molecule has 0 radical (unpaired) electrons. The lowest BCUT2D eigenvalue weighted by Crippen LogP contribution is -2.42. The van der Waals surface area contributed by atoms with Crippen LogP contribution in [-0.2, 0) is 4.74 Å². The number of aromatic nitrogens is 1. The molecule has 1 aliphatic rings. The van der Waals surface area contributed by atoms with E-state index in [0.29, 0.717) is 35.8 Å². The van der Waals surface area contributed by atoms with E-state index in [1.54, 1.807) is 18.3 Å². The Kier molecular flexibility index (Phi) is 5.99. The Morgan fingerprint density at radius 1 is 1.38 bits per heavy atom. The van der Waals surface area contributed by atoms with Gasteiger partial charge in [0.1, 0.15) is 10.2 Å². The molecule has 0 aromatic carbocycles. The predicted octanol–water partition coefficient (Wildman–Crippen LogP) is 3.12. The topological polar surface area (TPSA) is 74.4 Å². The van der Waals surface area contributed by atoms with Gasteiger partial charge < -0.3 is 19.9 Å². The lowest BCUT2D eigenvalue weighted by Gasteiger charge is -2.32. The monoisotopic (exact) mass is 351 g/mol. The Morgan fingerprint density at radius 2 is 2.04 bits per heavy atom. The van der Waals surface area contributed by atoms with Gasteiger partial charge in [0.15, 0.2) is 0 Å². The number of piperidine rings is 1. The quantitative estimate of drug-likeness (QED) is 0.821. The number of nitrogens with zero attached hydrogens (tertiary/aromatic N) is 1. The summed E-state index contributed by atoms with van der Waals surface area (Å²) in [4.78, 5) is 28.9. The normalized spacial score (nSPS) is 15.9. The van der Waals surface area contributed by atoms with Crippen LogP contribution in [0.15, 0.2) is 18.3 Å². The van der Waals surface area contributed by atoms with Crippen LogP contribution in [0.25, 0.3) is 0 Å². The van der Waals surface area contributed by atoms with Gasteiger partial charge in [-0.3, -0.25) is 4.79 Å². The maximum absolute atomic E-state index is 12.5. The number of H-pyrrole nitrogens is 1. The molecular formula is C17H25N3O3S. The highest BCUT2D eigenvalue weighted by molar-refractivity contribution is 7.71. The highest BCUT2D eigenvalue weighted by atomic mass is 32.1. The third kappa shape index (κ3) is 5.33. The fourth-order valence-electron chi connectivity index (χ4n) is 2.64. The van der Waals surface area contributed by atoms with Crippen LogP contribution in [-0.4, -0.2) is 47.1 Å². The van der Waals surface area contributed by atoms with Crippen LogP contribution in [0.5, 0.6) is 0 Å². The van der Waals surface area contributed by atoms with E-state index in [1.807, 2.05) is 25.7 Å². The Balaban J connectivity index is 1.79. The molecule has 0 unspecified atom stereocenters. The molecule has 1 fully saturated rings. The molecule has 6 nitrogen and oxygen atoms in total. The van der Waals surface area contributed by atoms with Crippen molar-refractivity contribution >= 4 is 24.2 Å². The number of alkyl carbamates (subject to hydrolysis) is 1. The Labute approximate surface area is 147 Å². The van der Waals surface area contributed by atoms with Gasteiger partial charge in [-0.1, -0.05) is 12.2 Å². The zero-order valence-corrected chi connectivity index (χ0v) is 15.2. The van der Waals surface area contributed by atoms with Crippen LogP contribution in [0.1, 0.15) is 44.0 Å². The van der Waals surface area contributed by atoms with E-state index in [-0.39, 0.29) is 5.91 Å². The molecule has 132 valence electrons. The number of ether oxygens (including phenoxy) is 1. The van der Waals surface area contributed by atoms with E-state index in [1.165, 1.54) is 0 Å². The van der Waals surface area contributed by atoms with Crippen molar-refractivity contribution in [2.24, 2.45) is 5.92 Å². The van der Waals surface area contributed by atoms with Crippen molar-refractivity contribution in [1.82, 2.24) is 15.2 Å². The van der Waals surface area contributed by atoms with Gasteiger partial charge >= 0.3 is 6.09 Å². The average molecular weight is 351 g/mol. The van der Waals surface area contributed by atoms with Crippen LogP contribution in [0.4, 0.5) is 4.79 Å². The molecule has 0 aliphatic carbocycles. The predicted molar refractivity (Wildman–Crippen MR) is 94.5 cm³/mol. The number of carbonyl (C=O) groups is 2. The van der Waals surface area contributed by atoms with Gasteiger partial charge in [-0.15, -0.1) is 0 Å². The molecule has 2 rings (SSSR count). The summed E-state index contributed by atoms with van der Waals surface area (Å²) >= 11 is 5.17. The number of pyridine rings is 1. The second-order valence-corrected chi connectivity index (χ2v) is 7.44. The van der Waals surface area contributed by atoms with E-state index in [9.17, 15) is 9.59 Å². The van der Waals surface area contributed by atoms with E-state index in [0.717, 1.165) is 12.8 Å². The van der Waals surface area contributed by atoms with Crippen LogP contribution in [0.2, 0.25) is 0 Å². The summed E-state index contributed by atoms with van der Waals surface area (Å²) in [5, 5.41) is 2.81. The minimum atomic E-state index is -0.492. The third-order valence-electron chi connectivity index (χ3n) is 3.88. The summed E-state index contributed by atoms with van der Waals surface area (Å²) in [6.07, 6.45) is 3.03. The van der Waals surface area contributed by atoms with Crippen molar-refractivity contribution in [3.63, 3.8) is 0 Å². The van der Waals surface area contributed by atoms with Gasteiger partial charge in [0, 0.05) is 25.8 Å². The molecule has 0 spiro atoms. The lowest BCUT2D eigenvalue weighted by atomic mass is 9.96. The highest BCUT2D eigenvalue weighted by Gasteiger charge is 2.25. The van der Waals surface area contributed by atoms with Gasteiger partial charge in [-0.25, -0.2) is 4.79 Å². The summed E-state index contributed by atoms with van der Waals surface area (Å²) < 4.78 is 5.70. The molecule has 0 atom stereocenters. The number of hydrogen-bond donors (Lipinski definition) is 2. The molecule has 2 N–H and O–H groups in total. The first-order valence-electron chi connectivity index (χ1n) is 8.20. The maximum Gasteiger partial charge on any atom is 0.407 e. The first kappa shape index (κ1) is 18.4. The zero-order chi connectivity index (χ0) is 17.7. The summed E-state index contributed by atoms with van der Waals surface area (Å²) in [7, 11) is 0. The van der Waals surface area contributed by atoms with Gasteiger partial charge in [-0.2, -0.15) is 0 Å². The van der Waals surface area contributed by atoms with Gasteiger partial charge in [0.25, 0.3) is 5.91 Å². The molecule has 1 aromatic heterocycles. The van der Waals surface area contributed by atoms with Crippen molar-refractivity contribution in [2.45, 2.75) is 39.2 Å². The van der Waals surface area contributed by atoms with E-state index in [2.05, 4.69) is 10.3 Å². The number of rotatable bonds is 3. The molecule has 1 saturated heterocycles. The summed E-state index contributed by atoms with van der Waals surface area (Å²) in [5.74, 6) is 0.322. The summed E-state index contributed by atoms with van der Waals surface area (Å²) in [5.41, 5.74) is 0.0481. The van der Waals surface area contributed by atoms with Crippen LogP contribution >= 0.6 is 12.2 Å². The van der Waals surface area contributed by atoms with Crippen LogP contribution in [0, 0.1) is 10.6 Å². The average Bonchev–Trinajstić information content (AvgIpc) is 2.52. The van der Waals surface area contributed by atoms with Gasteiger partial charge in [0.2, 0.25) is 0 Å². The van der Waals surface area contributed by atoms with Crippen molar-refractivity contribution < 1.29 is 14.3 Å². The minimum absolute atomic E-state index is 0.0320. The summed E-state index contributed by atoms with van der Waals surface area (Å²) in [6.45, 7) is 7.43. The second kappa shape index (κ2) is 7.79. The van der Waals surface area contributed by atoms with Crippen LogP contribution in [0.3, 0.4) is 0 Å². The summed E-state index contributed by atoms with van der Waals surface area (Å²) in [6, 6.07) is 3.53. The third-order valence-corrected chi connectivity index (χ3v) is 4.22. The fraction of sp³-hybridized carbons (Fsp3) is 0.588.